The van der Waals surface area contributed by atoms with Gasteiger partial charge in [-0.15, -0.1) is 0 Å². The van der Waals surface area contributed by atoms with Gasteiger partial charge in [-0.05, 0) is 25.2 Å². The monoisotopic (exact) mass is 153 g/mol. The Hall–Kier alpha value is -0.530. The molecule has 0 radical (unpaired) electrons. The van der Waals surface area contributed by atoms with Crippen LogP contribution in [0.15, 0.2) is 0 Å². The Labute approximate surface area is 67.4 Å². The molecule has 1 N–H and O–H groups in total. The van der Waals surface area contributed by atoms with Crippen LogP contribution in [0.2, 0.25) is 0 Å². The van der Waals surface area contributed by atoms with Gasteiger partial charge >= 0.3 is 0 Å². The van der Waals surface area contributed by atoms with E-state index in [1.807, 2.05) is 6.92 Å². The van der Waals surface area contributed by atoms with Crippen molar-refractivity contribution in [3.63, 3.8) is 0 Å². The molecule has 1 aliphatic carbocycles. The van der Waals surface area contributed by atoms with Gasteiger partial charge in [-0.1, -0.05) is 13.8 Å². The molecule has 62 valence electrons. The molecule has 2 fully saturated rings. The van der Waals surface area contributed by atoms with Crippen molar-refractivity contribution >= 4 is 5.91 Å². The second kappa shape index (κ2) is 1.79. The smallest absolute Gasteiger partial charge is 0.223 e. The molecular weight excluding hydrogens is 138 g/mol. The largest absolute Gasteiger partial charge is 0.350 e. The molecule has 0 aromatic heterocycles. The van der Waals surface area contributed by atoms with E-state index in [1.54, 1.807) is 0 Å². The summed E-state index contributed by atoms with van der Waals surface area (Å²) in [5, 5.41) is 3.07. The van der Waals surface area contributed by atoms with Crippen LogP contribution in [0, 0.1) is 17.8 Å². The highest BCUT2D eigenvalue weighted by molar-refractivity contribution is 5.83. The molecule has 2 nitrogen and oxygen atoms in total. The molecule has 1 aliphatic heterocycles. The SMILES string of the molecule is C[C@@H]1C[C@]2(C)NC(=O)[C@H](C)[C@H]12. The van der Waals surface area contributed by atoms with Gasteiger partial charge in [-0.2, -0.15) is 0 Å². The number of rotatable bonds is 0. The fourth-order valence-electron chi connectivity index (χ4n) is 3.14. The van der Waals surface area contributed by atoms with Crippen molar-refractivity contribution in [1.82, 2.24) is 5.32 Å². The summed E-state index contributed by atoms with van der Waals surface area (Å²) in [6, 6.07) is 0. The first-order valence-electron chi connectivity index (χ1n) is 4.36. The summed E-state index contributed by atoms with van der Waals surface area (Å²) >= 11 is 0. The molecule has 0 aromatic rings. The molecule has 4 atom stereocenters. The maximum atomic E-state index is 11.3. The van der Waals surface area contributed by atoms with Gasteiger partial charge < -0.3 is 5.32 Å². The van der Waals surface area contributed by atoms with Gasteiger partial charge in [-0.3, -0.25) is 4.79 Å². The number of carbonyl (C=O) groups excluding carboxylic acids is 1. The van der Waals surface area contributed by atoms with Crippen LogP contribution in [0.1, 0.15) is 27.2 Å². The normalized spacial score (nSPS) is 54.8. The van der Waals surface area contributed by atoms with Crippen LogP contribution in [-0.2, 0) is 4.79 Å². The zero-order valence-electron chi connectivity index (χ0n) is 7.35. The van der Waals surface area contributed by atoms with E-state index in [-0.39, 0.29) is 17.4 Å². The predicted octanol–water partition coefficient (Wildman–Crippen LogP) is 1.17. The first-order chi connectivity index (χ1) is 5.04. The minimum absolute atomic E-state index is 0.149. The van der Waals surface area contributed by atoms with Crippen molar-refractivity contribution in [3.8, 4) is 0 Å². The number of carbonyl (C=O) groups is 1. The highest BCUT2D eigenvalue weighted by Gasteiger charge is 2.58. The molecule has 0 unspecified atom stereocenters. The van der Waals surface area contributed by atoms with Crippen molar-refractivity contribution in [1.29, 1.82) is 0 Å². The summed E-state index contributed by atoms with van der Waals surface area (Å²) < 4.78 is 0. The van der Waals surface area contributed by atoms with Gasteiger partial charge in [0.25, 0.3) is 0 Å². The van der Waals surface area contributed by atoms with Gasteiger partial charge in [0, 0.05) is 11.5 Å². The summed E-state index contributed by atoms with van der Waals surface area (Å²) in [7, 11) is 0. The van der Waals surface area contributed by atoms with Crippen LogP contribution in [0.5, 0.6) is 0 Å². The van der Waals surface area contributed by atoms with Crippen molar-refractivity contribution in [2.45, 2.75) is 32.7 Å². The first kappa shape index (κ1) is 7.14. The first-order valence-corrected chi connectivity index (χ1v) is 4.36. The Balaban J connectivity index is 2.25. The third-order valence-corrected chi connectivity index (χ3v) is 3.46. The van der Waals surface area contributed by atoms with E-state index in [0.717, 1.165) is 12.3 Å². The Bertz CT molecular complexity index is 214. The molecule has 11 heavy (non-hydrogen) atoms. The summed E-state index contributed by atoms with van der Waals surface area (Å²) in [6.45, 7) is 6.45. The van der Waals surface area contributed by atoms with E-state index < -0.39 is 0 Å². The highest BCUT2D eigenvalue weighted by Crippen LogP contribution is 2.51. The van der Waals surface area contributed by atoms with E-state index in [0.29, 0.717) is 5.92 Å². The van der Waals surface area contributed by atoms with E-state index in [4.69, 9.17) is 0 Å². The lowest BCUT2D eigenvalue weighted by Gasteiger charge is -2.48. The van der Waals surface area contributed by atoms with Crippen LogP contribution in [0.25, 0.3) is 0 Å². The van der Waals surface area contributed by atoms with Crippen molar-refractivity contribution in [2.75, 3.05) is 0 Å². The standard InChI is InChI=1S/C9H15NO/c1-5-4-9(3)7(5)6(2)8(11)10-9/h5-7H,4H2,1-3H3,(H,10,11)/t5-,6-,7+,9+/m1/s1. The van der Waals surface area contributed by atoms with E-state index in [9.17, 15) is 4.79 Å². The van der Waals surface area contributed by atoms with Crippen molar-refractivity contribution in [2.24, 2.45) is 17.8 Å². The Morgan fingerprint density at radius 3 is 2.55 bits per heavy atom. The van der Waals surface area contributed by atoms with E-state index in [2.05, 4.69) is 19.2 Å². The molecule has 1 saturated heterocycles. The Morgan fingerprint density at radius 1 is 1.55 bits per heavy atom. The molecule has 2 rings (SSSR count). The third-order valence-electron chi connectivity index (χ3n) is 3.46. The van der Waals surface area contributed by atoms with Crippen LogP contribution < -0.4 is 5.32 Å². The summed E-state index contributed by atoms with van der Waals surface area (Å²) in [5.74, 6) is 1.81. The number of hydrogen-bond donors (Lipinski definition) is 1. The zero-order valence-corrected chi connectivity index (χ0v) is 7.35. The van der Waals surface area contributed by atoms with Crippen LogP contribution in [-0.4, -0.2) is 11.4 Å². The Morgan fingerprint density at radius 2 is 2.18 bits per heavy atom. The number of fused-ring (bicyclic) bond motifs is 1. The summed E-state index contributed by atoms with van der Waals surface area (Å²) in [5.41, 5.74) is 0.149. The lowest BCUT2D eigenvalue weighted by atomic mass is 9.59. The quantitative estimate of drug-likeness (QED) is 0.556. The third kappa shape index (κ3) is 0.700. The maximum absolute atomic E-state index is 11.3. The number of nitrogens with one attached hydrogen (secondary N) is 1. The topological polar surface area (TPSA) is 29.1 Å². The van der Waals surface area contributed by atoms with Gasteiger partial charge in [0.1, 0.15) is 0 Å². The lowest BCUT2D eigenvalue weighted by molar-refractivity contribution is -0.122. The fourth-order valence-corrected chi connectivity index (χ4v) is 3.14. The van der Waals surface area contributed by atoms with E-state index in [1.165, 1.54) is 0 Å². The number of hydrogen-bond acceptors (Lipinski definition) is 1. The van der Waals surface area contributed by atoms with Gasteiger partial charge in [-0.25, -0.2) is 0 Å². The minimum Gasteiger partial charge on any atom is -0.350 e. The van der Waals surface area contributed by atoms with Crippen molar-refractivity contribution in [3.05, 3.63) is 0 Å². The number of amides is 1. The minimum atomic E-state index is 0.149. The van der Waals surface area contributed by atoms with Gasteiger partial charge in [0.2, 0.25) is 5.91 Å². The molecular formula is C9H15NO. The van der Waals surface area contributed by atoms with Crippen molar-refractivity contribution < 1.29 is 4.79 Å². The second-order valence-electron chi connectivity index (χ2n) is 4.40. The molecule has 2 heteroatoms. The molecule has 1 amide bonds. The Kier molecular flexibility index (Phi) is 1.16. The molecule has 2 aliphatic rings. The lowest BCUT2D eigenvalue weighted by Crippen LogP contribution is -2.55. The predicted molar refractivity (Wildman–Crippen MR) is 43.0 cm³/mol. The van der Waals surface area contributed by atoms with Gasteiger partial charge in [0.15, 0.2) is 0 Å². The van der Waals surface area contributed by atoms with Crippen LogP contribution >= 0.6 is 0 Å². The fraction of sp³-hybridized carbons (Fsp3) is 0.889. The molecule has 1 heterocycles. The van der Waals surface area contributed by atoms with Gasteiger partial charge in [0.05, 0.1) is 0 Å². The average Bonchev–Trinajstić information content (AvgIpc) is 2.00. The molecule has 0 spiro atoms. The summed E-state index contributed by atoms with van der Waals surface area (Å²) in [4.78, 5) is 11.3. The summed E-state index contributed by atoms with van der Waals surface area (Å²) in [6.07, 6.45) is 1.16. The van der Waals surface area contributed by atoms with E-state index >= 15 is 0 Å². The van der Waals surface area contributed by atoms with Crippen LogP contribution in [0.3, 0.4) is 0 Å². The average molecular weight is 153 g/mol. The highest BCUT2D eigenvalue weighted by atomic mass is 16.2. The zero-order chi connectivity index (χ0) is 8.22. The second-order valence-corrected chi connectivity index (χ2v) is 4.40. The molecule has 0 aromatic carbocycles. The molecule has 1 saturated carbocycles. The maximum Gasteiger partial charge on any atom is 0.223 e. The molecule has 0 bridgehead atoms. The van der Waals surface area contributed by atoms with Crippen LogP contribution in [0.4, 0.5) is 0 Å².